The zero-order valence-corrected chi connectivity index (χ0v) is 15.5. The van der Waals surface area contributed by atoms with Crippen molar-refractivity contribution in [2.75, 3.05) is 5.32 Å². The second-order valence-corrected chi connectivity index (χ2v) is 6.44. The lowest BCUT2D eigenvalue weighted by Gasteiger charge is -2.12. The van der Waals surface area contributed by atoms with Gasteiger partial charge in [-0.1, -0.05) is 47.0 Å². The molecule has 0 atom stereocenters. The molecule has 0 aliphatic heterocycles. The van der Waals surface area contributed by atoms with Gasteiger partial charge in [-0.2, -0.15) is 5.10 Å². The van der Waals surface area contributed by atoms with Gasteiger partial charge in [0.1, 0.15) is 0 Å². The number of aryl methyl sites for hydroxylation is 3. The van der Waals surface area contributed by atoms with E-state index < -0.39 is 11.8 Å². The Morgan fingerprint density at radius 3 is 2.24 bits per heavy atom. The van der Waals surface area contributed by atoms with Crippen molar-refractivity contribution in [2.24, 2.45) is 5.10 Å². The largest absolute Gasteiger partial charge is 0.329 e. The van der Waals surface area contributed by atoms with E-state index >= 15 is 0 Å². The number of halogens is 2. The number of benzene rings is 2. The number of amides is 2. The fraction of sp³-hybridized carbons (Fsp3) is 0.167. The van der Waals surface area contributed by atoms with Crippen LogP contribution in [0.5, 0.6) is 0 Å². The van der Waals surface area contributed by atoms with E-state index in [1.54, 1.807) is 18.2 Å². The van der Waals surface area contributed by atoms with Crippen LogP contribution in [-0.4, -0.2) is 18.0 Å². The molecule has 5 nitrogen and oxygen atoms in total. The van der Waals surface area contributed by atoms with Crippen LogP contribution in [0.1, 0.15) is 22.3 Å². The van der Waals surface area contributed by atoms with Gasteiger partial charge in [-0.05, 0) is 44.0 Å². The Labute approximate surface area is 156 Å². The maximum Gasteiger partial charge on any atom is 0.329 e. The Morgan fingerprint density at radius 1 is 1.00 bits per heavy atom. The fourth-order valence-corrected chi connectivity index (χ4v) is 2.82. The van der Waals surface area contributed by atoms with Crippen molar-refractivity contribution in [1.29, 1.82) is 0 Å². The summed E-state index contributed by atoms with van der Waals surface area (Å²) in [7, 11) is 0. The van der Waals surface area contributed by atoms with Crippen LogP contribution in [0.4, 0.5) is 5.69 Å². The summed E-state index contributed by atoms with van der Waals surface area (Å²) in [6.07, 6.45) is 1.34. The van der Waals surface area contributed by atoms with Gasteiger partial charge in [0.25, 0.3) is 0 Å². The second-order valence-electron chi connectivity index (χ2n) is 5.59. The Kier molecular flexibility index (Phi) is 6.17. The summed E-state index contributed by atoms with van der Waals surface area (Å²) in [4.78, 5) is 23.9. The van der Waals surface area contributed by atoms with Crippen LogP contribution in [-0.2, 0) is 9.59 Å². The van der Waals surface area contributed by atoms with Crippen LogP contribution < -0.4 is 10.7 Å². The Morgan fingerprint density at radius 2 is 1.64 bits per heavy atom. The number of hydrazone groups is 1. The van der Waals surface area contributed by atoms with E-state index in [4.69, 9.17) is 23.2 Å². The fourth-order valence-electron chi connectivity index (χ4n) is 2.36. The molecule has 0 heterocycles. The van der Waals surface area contributed by atoms with E-state index in [2.05, 4.69) is 15.8 Å². The summed E-state index contributed by atoms with van der Waals surface area (Å²) in [6, 6.07) is 8.72. The van der Waals surface area contributed by atoms with Gasteiger partial charge in [0.15, 0.2) is 0 Å². The normalized spacial score (nSPS) is 10.8. The van der Waals surface area contributed by atoms with Crippen LogP contribution in [0.25, 0.3) is 0 Å². The van der Waals surface area contributed by atoms with Crippen LogP contribution in [0, 0.1) is 20.8 Å². The van der Waals surface area contributed by atoms with Gasteiger partial charge in [0, 0.05) is 16.3 Å². The summed E-state index contributed by atoms with van der Waals surface area (Å²) in [5, 5.41) is 7.23. The molecule has 2 amide bonds. The smallest absolute Gasteiger partial charge is 0.317 e. The van der Waals surface area contributed by atoms with Crippen molar-refractivity contribution < 1.29 is 9.59 Å². The van der Waals surface area contributed by atoms with Crippen molar-refractivity contribution in [3.63, 3.8) is 0 Å². The quantitative estimate of drug-likeness (QED) is 0.481. The molecular weight excluding hydrogens is 361 g/mol. The zero-order chi connectivity index (χ0) is 18.6. The van der Waals surface area contributed by atoms with E-state index in [-0.39, 0.29) is 0 Å². The first kappa shape index (κ1) is 19.0. The van der Waals surface area contributed by atoms with Crippen molar-refractivity contribution in [2.45, 2.75) is 20.8 Å². The lowest BCUT2D eigenvalue weighted by Crippen LogP contribution is -2.32. The predicted octanol–water partition coefficient (Wildman–Crippen LogP) is 4.01. The molecule has 0 saturated heterocycles. The third-order valence-corrected chi connectivity index (χ3v) is 4.02. The van der Waals surface area contributed by atoms with Crippen LogP contribution in [0.2, 0.25) is 10.0 Å². The van der Waals surface area contributed by atoms with Crippen LogP contribution >= 0.6 is 23.2 Å². The van der Waals surface area contributed by atoms with E-state index in [1.165, 1.54) is 6.21 Å². The maximum absolute atomic E-state index is 12.0. The first-order chi connectivity index (χ1) is 11.8. The minimum absolute atomic E-state index is 0.390. The van der Waals surface area contributed by atoms with Gasteiger partial charge >= 0.3 is 11.8 Å². The zero-order valence-electron chi connectivity index (χ0n) is 14.0. The highest BCUT2D eigenvalue weighted by Crippen LogP contribution is 2.22. The van der Waals surface area contributed by atoms with Crippen LogP contribution in [0.15, 0.2) is 35.4 Å². The number of hydrogen-bond donors (Lipinski definition) is 2. The topological polar surface area (TPSA) is 70.6 Å². The number of nitrogens with zero attached hydrogens (tertiary/aromatic N) is 1. The van der Waals surface area contributed by atoms with Gasteiger partial charge in [0.2, 0.25) is 0 Å². The molecule has 7 heteroatoms. The van der Waals surface area contributed by atoms with E-state index in [9.17, 15) is 9.59 Å². The number of anilines is 1. The lowest BCUT2D eigenvalue weighted by molar-refractivity contribution is -0.136. The second kappa shape index (κ2) is 8.14. The lowest BCUT2D eigenvalue weighted by atomic mass is 10.1. The van der Waals surface area contributed by atoms with Gasteiger partial charge in [-0.25, -0.2) is 5.43 Å². The van der Waals surface area contributed by atoms with Gasteiger partial charge in [-0.3, -0.25) is 9.59 Å². The highest BCUT2D eigenvalue weighted by Gasteiger charge is 2.15. The summed E-state index contributed by atoms with van der Waals surface area (Å²) in [5.41, 5.74) is 6.21. The third kappa shape index (κ3) is 5.05. The molecule has 0 aliphatic rings. The Bertz CT molecular complexity index is 840. The molecule has 2 aromatic carbocycles. The molecule has 130 valence electrons. The average molecular weight is 378 g/mol. The molecule has 0 fully saturated rings. The number of hydrogen-bond acceptors (Lipinski definition) is 3. The first-order valence-electron chi connectivity index (χ1n) is 7.45. The minimum Gasteiger partial charge on any atom is -0.317 e. The predicted molar refractivity (Wildman–Crippen MR) is 101 cm³/mol. The number of carbonyl (C=O) groups excluding carboxylic acids is 2. The molecular formula is C18H17Cl2N3O2. The van der Waals surface area contributed by atoms with Crippen LogP contribution in [0.3, 0.4) is 0 Å². The molecule has 2 rings (SSSR count). The summed E-state index contributed by atoms with van der Waals surface area (Å²) in [5.74, 6) is -1.67. The standard InChI is InChI=1S/C18H17Cl2N3O2/c1-10-6-11(2)16(12(3)7-10)22-17(24)18(25)23-21-9-13-4-5-14(19)8-15(13)20/h4-9H,1-3H3,(H,22,24)(H,23,25)/b21-9+. The molecule has 0 aromatic heterocycles. The summed E-state index contributed by atoms with van der Waals surface area (Å²) in [6.45, 7) is 5.71. The first-order valence-corrected chi connectivity index (χ1v) is 8.21. The summed E-state index contributed by atoms with van der Waals surface area (Å²) >= 11 is 11.8. The molecule has 2 N–H and O–H groups in total. The molecule has 25 heavy (non-hydrogen) atoms. The van der Waals surface area contributed by atoms with E-state index in [0.29, 0.717) is 21.3 Å². The molecule has 0 unspecified atom stereocenters. The Balaban J connectivity index is 2.01. The maximum atomic E-state index is 12.0. The molecule has 0 bridgehead atoms. The molecule has 0 saturated carbocycles. The number of carbonyl (C=O) groups is 2. The highest BCUT2D eigenvalue weighted by atomic mass is 35.5. The molecule has 0 aliphatic carbocycles. The van der Waals surface area contributed by atoms with E-state index in [0.717, 1.165) is 16.7 Å². The highest BCUT2D eigenvalue weighted by molar-refractivity contribution is 6.40. The van der Waals surface area contributed by atoms with Gasteiger partial charge < -0.3 is 5.32 Å². The summed E-state index contributed by atoms with van der Waals surface area (Å²) < 4.78 is 0. The minimum atomic E-state index is -0.874. The average Bonchev–Trinajstić information content (AvgIpc) is 2.52. The Hall–Kier alpha value is -2.37. The SMILES string of the molecule is Cc1cc(C)c(NC(=O)C(=O)N/N=C/c2ccc(Cl)cc2Cl)c(C)c1. The monoisotopic (exact) mass is 377 g/mol. The van der Waals surface area contributed by atoms with Crippen molar-refractivity contribution in [3.8, 4) is 0 Å². The number of rotatable bonds is 3. The van der Waals surface area contributed by atoms with Gasteiger partial charge in [-0.15, -0.1) is 0 Å². The van der Waals surface area contributed by atoms with Crippen molar-refractivity contribution >= 4 is 46.9 Å². The van der Waals surface area contributed by atoms with E-state index in [1.807, 2.05) is 32.9 Å². The molecule has 2 aromatic rings. The van der Waals surface area contributed by atoms with Crippen molar-refractivity contribution in [1.82, 2.24) is 5.43 Å². The number of nitrogens with one attached hydrogen (secondary N) is 2. The van der Waals surface area contributed by atoms with Gasteiger partial charge in [0.05, 0.1) is 11.2 Å². The molecule has 0 radical (unpaired) electrons. The van der Waals surface area contributed by atoms with Crippen molar-refractivity contribution in [3.05, 3.63) is 62.6 Å². The molecule has 0 spiro atoms. The third-order valence-electron chi connectivity index (χ3n) is 3.45.